The van der Waals surface area contributed by atoms with Crippen molar-refractivity contribution >= 4 is 21.9 Å². The summed E-state index contributed by atoms with van der Waals surface area (Å²) in [5.74, 6) is -2.09. The van der Waals surface area contributed by atoms with Crippen LogP contribution in [0.1, 0.15) is 20.7 Å². The average molecular weight is 310 g/mol. The van der Waals surface area contributed by atoms with Crippen LogP contribution in [0.25, 0.3) is 5.69 Å². The van der Waals surface area contributed by atoms with Crippen LogP contribution in [0.2, 0.25) is 0 Å². The summed E-state index contributed by atoms with van der Waals surface area (Å²) in [5, 5.41) is 17.9. The maximum atomic E-state index is 11.3. The Kier molecular flexibility index (Phi) is 3.49. The lowest BCUT2D eigenvalue weighted by molar-refractivity contribution is 0.0696. The fourth-order valence-electron chi connectivity index (χ4n) is 1.65. The summed E-state index contributed by atoms with van der Waals surface area (Å²) in [7, 11) is -4.03. The molecule has 0 radical (unpaired) electrons. The number of nitrogens with zero attached hydrogens (tertiary/aromatic N) is 2. The van der Waals surface area contributed by atoms with Gasteiger partial charge < -0.3 is 10.8 Å². The van der Waals surface area contributed by atoms with Crippen molar-refractivity contribution < 1.29 is 23.1 Å². The topological polar surface area (TPSA) is 158 Å². The molecule has 110 valence electrons. The Morgan fingerprint density at radius 3 is 2.43 bits per heavy atom. The quantitative estimate of drug-likeness (QED) is 0.678. The number of amides is 1. The number of carboxylic acid groups (broad SMARTS) is 1. The Labute approximate surface area is 118 Å². The molecule has 5 N–H and O–H groups in total. The average Bonchev–Trinajstić information content (AvgIpc) is 2.86. The van der Waals surface area contributed by atoms with Gasteiger partial charge in [-0.25, -0.2) is 23.0 Å². The van der Waals surface area contributed by atoms with Gasteiger partial charge in [-0.3, -0.25) is 4.79 Å². The molecule has 0 aliphatic carbocycles. The molecule has 0 bridgehead atoms. The predicted octanol–water partition coefficient (Wildman–Crippen LogP) is -0.683. The number of sulfonamides is 1. The highest BCUT2D eigenvalue weighted by atomic mass is 32.2. The maximum Gasteiger partial charge on any atom is 0.337 e. The SMILES string of the molecule is NC(=O)c1cnn(-c2ccc(S(N)(=O)=O)cc2C(=O)O)c1. The van der Waals surface area contributed by atoms with Crippen LogP contribution < -0.4 is 10.9 Å². The van der Waals surface area contributed by atoms with E-state index in [9.17, 15) is 18.0 Å². The number of aromatic carboxylic acids is 1. The van der Waals surface area contributed by atoms with Crippen molar-refractivity contribution in [1.29, 1.82) is 0 Å². The molecule has 0 saturated heterocycles. The molecule has 10 heteroatoms. The molecular weight excluding hydrogens is 300 g/mol. The van der Waals surface area contributed by atoms with Crippen molar-refractivity contribution in [3.05, 3.63) is 41.7 Å². The van der Waals surface area contributed by atoms with Gasteiger partial charge in [0.15, 0.2) is 0 Å². The normalized spacial score (nSPS) is 11.3. The van der Waals surface area contributed by atoms with E-state index in [1.165, 1.54) is 18.5 Å². The fraction of sp³-hybridized carbons (Fsp3) is 0. The van der Waals surface area contributed by atoms with Gasteiger partial charge in [-0.1, -0.05) is 0 Å². The van der Waals surface area contributed by atoms with E-state index < -0.39 is 21.9 Å². The third-order valence-electron chi connectivity index (χ3n) is 2.64. The van der Waals surface area contributed by atoms with E-state index in [-0.39, 0.29) is 21.7 Å². The molecule has 1 heterocycles. The molecule has 1 amide bonds. The van der Waals surface area contributed by atoms with Crippen molar-refractivity contribution in [2.75, 3.05) is 0 Å². The lowest BCUT2D eigenvalue weighted by Gasteiger charge is -2.07. The van der Waals surface area contributed by atoms with Crippen molar-refractivity contribution in [1.82, 2.24) is 9.78 Å². The molecule has 2 rings (SSSR count). The van der Waals surface area contributed by atoms with E-state index in [0.717, 1.165) is 16.8 Å². The number of benzene rings is 1. The summed E-state index contributed by atoms with van der Waals surface area (Å²) in [6, 6.07) is 3.28. The minimum Gasteiger partial charge on any atom is -0.478 e. The smallest absolute Gasteiger partial charge is 0.337 e. The first-order chi connectivity index (χ1) is 9.70. The summed E-state index contributed by atoms with van der Waals surface area (Å²) < 4.78 is 23.6. The zero-order valence-corrected chi connectivity index (χ0v) is 11.2. The lowest BCUT2D eigenvalue weighted by atomic mass is 10.2. The molecule has 0 spiro atoms. The third-order valence-corrected chi connectivity index (χ3v) is 3.55. The number of primary amides is 1. The largest absolute Gasteiger partial charge is 0.478 e. The zero-order chi connectivity index (χ0) is 15.8. The van der Waals surface area contributed by atoms with E-state index in [1.807, 2.05) is 0 Å². The second kappa shape index (κ2) is 5.00. The van der Waals surface area contributed by atoms with E-state index in [4.69, 9.17) is 16.0 Å². The molecule has 0 atom stereocenters. The molecule has 21 heavy (non-hydrogen) atoms. The number of primary sulfonamides is 1. The van der Waals surface area contributed by atoms with E-state index in [1.54, 1.807) is 0 Å². The first kappa shape index (κ1) is 14.7. The summed E-state index contributed by atoms with van der Waals surface area (Å²) in [4.78, 5) is 21.9. The molecule has 0 aliphatic rings. The highest BCUT2D eigenvalue weighted by Gasteiger charge is 2.18. The fourth-order valence-corrected chi connectivity index (χ4v) is 2.18. The summed E-state index contributed by atoms with van der Waals surface area (Å²) >= 11 is 0. The molecule has 1 aromatic carbocycles. The van der Waals surface area contributed by atoms with Crippen molar-refractivity contribution in [2.45, 2.75) is 4.90 Å². The Morgan fingerprint density at radius 2 is 1.95 bits per heavy atom. The van der Waals surface area contributed by atoms with E-state index >= 15 is 0 Å². The number of rotatable bonds is 4. The van der Waals surface area contributed by atoms with Crippen LogP contribution in [0.5, 0.6) is 0 Å². The minimum absolute atomic E-state index is 0.0717. The second-order valence-corrected chi connectivity index (χ2v) is 5.63. The van der Waals surface area contributed by atoms with E-state index in [0.29, 0.717) is 0 Å². The maximum absolute atomic E-state index is 11.3. The Hall–Kier alpha value is -2.72. The summed E-state index contributed by atoms with van der Waals surface area (Å²) in [6.07, 6.45) is 2.41. The highest BCUT2D eigenvalue weighted by Crippen LogP contribution is 2.19. The van der Waals surface area contributed by atoms with Gasteiger partial charge in [0.1, 0.15) is 0 Å². The Balaban J connectivity index is 2.63. The number of nitrogens with two attached hydrogens (primary N) is 2. The van der Waals surface area contributed by atoms with Gasteiger partial charge in [0, 0.05) is 6.20 Å². The van der Waals surface area contributed by atoms with Crippen LogP contribution in [0, 0.1) is 0 Å². The molecule has 0 aliphatic heterocycles. The molecule has 2 aromatic rings. The van der Waals surface area contributed by atoms with Crippen LogP contribution in [0.15, 0.2) is 35.5 Å². The van der Waals surface area contributed by atoms with Gasteiger partial charge in [0.25, 0.3) is 5.91 Å². The van der Waals surface area contributed by atoms with Crippen LogP contribution in [0.4, 0.5) is 0 Å². The number of aromatic nitrogens is 2. The summed E-state index contributed by atoms with van der Waals surface area (Å²) in [6.45, 7) is 0. The third kappa shape index (κ3) is 2.90. The van der Waals surface area contributed by atoms with Gasteiger partial charge in [0.2, 0.25) is 10.0 Å². The first-order valence-corrected chi connectivity index (χ1v) is 7.00. The van der Waals surface area contributed by atoms with Crippen LogP contribution in [-0.2, 0) is 10.0 Å². The standard InChI is InChI=1S/C11H10N4O5S/c12-10(16)6-4-14-15(5-6)9-2-1-7(21(13,19)20)3-8(9)11(17)18/h1-5H,(H2,12,16)(H,17,18)(H2,13,19,20). The van der Waals surface area contributed by atoms with Gasteiger partial charge in [-0.2, -0.15) is 5.10 Å². The van der Waals surface area contributed by atoms with Gasteiger partial charge in [-0.15, -0.1) is 0 Å². The van der Waals surface area contributed by atoms with Crippen molar-refractivity contribution in [3.63, 3.8) is 0 Å². The zero-order valence-electron chi connectivity index (χ0n) is 10.4. The number of carboxylic acids is 1. The predicted molar refractivity (Wildman–Crippen MR) is 70.4 cm³/mol. The second-order valence-electron chi connectivity index (χ2n) is 4.07. The molecule has 9 nitrogen and oxygen atoms in total. The van der Waals surface area contributed by atoms with Gasteiger partial charge in [0.05, 0.1) is 27.9 Å². The van der Waals surface area contributed by atoms with Crippen LogP contribution in [-0.4, -0.2) is 35.2 Å². The van der Waals surface area contributed by atoms with Gasteiger partial charge >= 0.3 is 5.97 Å². The highest BCUT2D eigenvalue weighted by molar-refractivity contribution is 7.89. The number of hydrogen-bond donors (Lipinski definition) is 3. The van der Waals surface area contributed by atoms with Crippen LogP contribution in [0.3, 0.4) is 0 Å². The molecular formula is C11H10N4O5S. The minimum atomic E-state index is -4.03. The number of carbonyl (C=O) groups is 2. The summed E-state index contributed by atoms with van der Waals surface area (Å²) in [5.41, 5.74) is 4.90. The number of carbonyl (C=O) groups excluding carboxylic acids is 1. The Morgan fingerprint density at radius 1 is 1.29 bits per heavy atom. The Bertz CT molecular complexity index is 840. The monoisotopic (exact) mass is 310 g/mol. The first-order valence-electron chi connectivity index (χ1n) is 5.45. The molecule has 1 aromatic heterocycles. The molecule has 0 saturated carbocycles. The van der Waals surface area contributed by atoms with Gasteiger partial charge in [-0.05, 0) is 18.2 Å². The van der Waals surface area contributed by atoms with Crippen LogP contribution >= 0.6 is 0 Å². The lowest BCUT2D eigenvalue weighted by Crippen LogP contribution is -2.14. The van der Waals surface area contributed by atoms with E-state index in [2.05, 4.69) is 5.10 Å². The van der Waals surface area contributed by atoms with Crippen molar-refractivity contribution in [2.24, 2.45) is 10.9 Å². The number of hydrogen-bond acceptors (Lipinski definition) is 5. The molecule has 0 unspecified atom stereocenters. The molecule has 0 fully saturated rings. The van der Waals surface area contributed by atoms with Crippen molar-refractivity contribution in [3.8, 4) is 5.69 Å².